The number of amides is 1. The van der Waals surface area contributed by atoms with Crippen molar-refractivity contribution in [3.05, 3.63) is 81.3 Å². The SMILES string of the molecule is COc1cc(CNc2cccc(NC(=O)CC(C)C)c2)cc(Br)c1OCc1ccc(Cl)cc1. The first-order chi connectivity index (χ1) is 15.8. The third-order valence-corrected chi connectivity index (χ3v) is 5.66. The van der Waals surface area contributed by atoms with Gasteiger partial charge in [-0.25, -0.2) is 0 Å². The van der Waals surface area contributed by atoms with Crippen molar-refractivity contribution in [2.45, 2.75) is 33.4 Å². The van der Waals surface area contributed by atoms with Crippen LogP contribution in [-0.4, -0.2) is 13.0 Å². The maximum atomic E-state index is 12.0. The van der Waals surface area contributed by atoms with Crippen molar-refractivity contribution < 1.29 is 14.3 Å². The molecule has 0 unspecified atom stereocenters. The molecule has 1 amide bonds. The van der Waals surface area contributed by atoms with Crippen LogP contribution in [0.4, 0.5) is 11.4 Å². The number of benzene rings is 3. The molecule has 3 aromatic carbocycles. The average Bonchev–Trinajstić information content (AvgIpc) is 2.77. The highest BCUT2D eigenvalue weighted by molar-refractivity contribution is 9.10. The number of ether oxygens (including phenoxy) is 2. The van der Waals surface area contributed by atoms with Crippen molar-refractivity contribution in [2.24, 2.45) is 5.92 Å². The van der Waals surface area contributed by atoms with E-state index in [1.54, 1.807) is 7.11 Å². The summed E-state index contributed by atoms with van der Waals surface area (Å²) in [5.41, 5.74) is 3.72. The maximum Gasteiger partial charge on any atom is 0.224 e. The quantitative estimate of drug-likeness (QED) is 0.288. The van der Waals surface area contributed by atoms with Crippen LogP contribution in [0.25, 0.3) is 0 Å². The molecule has 3 aromatic rings. The van der Waals surface area contributed by atoms with Crippen molar-refractivity contribution in [3.8, 4) is 11.5 Å². The van der Waals surface area contributed by atoms with E-state index in [4.69, 9.17) is 21.1 Å². The molecule has 2 N–H and O–H groups in total. The molecule has 0 atom stereocenters. The zero-order valence-electron chi connectivity index (χ0n) is 19.0. The molecule has 3 rings (SSSR count). The van der Waals surface area contributed by atoms with Crippen molar-refractivity contribution in [2.75, 3.05) is 17.7 Å². The van der Waals surface area contributed by atoms with E-state index in [9.17, 15) is 4.79 Å². The van der Waals surface area contributed by atoms with Crippen LogP contribution in [0.1, 0.15) is 31.4 Å². The third-order valence-electron chi connectivity index (χ3n) is 4.82. The first-order valence-corrected chi connectivity index (χ1v) is 11.9. The van der Waals surface area contributed by atoms with E-state index >= 15 is 0 Å². The largest absolute Gasteiger partial charge is 0.493 e. The highest BCUT2D eigenvalue weighted by Gasteiger charge is 2.12. The summed E-state index contributed by atoms with van der Waals surface area (Å²) in [7, 11) is 1.62. The minimum atomic E-state index is 0.0185. The number of nitrogens with one attached hydrogen (secondary N) is 2. The van der Waals surface area contributed by atoms with Gasteiger partial charge in [-0.1, -0.05) is 43.6 Å². The molecule has 0 aliphatic carbocycles. The molecule has 174 valence electrons. The summed E-state index contributed by atoms with van der Waals surface area (Å²) < 4.78 is 12.4. The molecule has 0 aliphatic heterocycles. The van der Waals surface area contributed by atoms with E-state index in [2.05, 4.69) is 26.6 Å². The smallest absolute Gasteiger partial charge is 0.224 e. The summed E-state index contributed by atoms with van der Waals surface area (Å²) in [6, 6.07) is 19.2. The van der Waals surface area contributed by atoms with Gasteiger partial charge in [-0.15, -0.1) is 0 Å². The van der Waals surface area contributed by atoms with E-state index in [1.165, 1.54) is 0 Å². The van der Waals surface area contributed by atoms with E-state index in [1.807, 2.05) is 74.5 Å². The minimum Gasteiger partial charge on any atom is -0.493 e. The maximum absolute atomic E-state index is 12.0. The third kappa shape index (κ3) is 7.69. The molecule has 5 nitrogen and oxygen atoms in total. The van der Waals surface area contributed by atoms with Gasteiger partial charge >= 0.3 is 0 Å². The summed E-state index contributed by atoms with van der Waals surface area (Å²) in [5, 5.41) is 7.03. The monoisotopic (exact) mass is 530 g/mol. The summed E-state index contributed by atoms with van der Waals surface area (Å²) in [6.45, 7) is 5.03. The molecule has 0 aliphatic rings. The van der Waals surface area contributed by atoms with Gasteiger partial charge in [0.25, 0.3) is 0 Å². The van der Waals surface area contributed by atoms with Gasteiger partial charge in [-0.05, 0) is 75.4 Å². The number of anilines is 2. The van der Waals surface area contributed by atoms with Gasteiger partial charge in [0, 0.05) is 29.4 Å². The van der Waals surface area contributed by atoms with Gasteiger partial charge in [-0.2, -0.15) is 0 Å². The molecule has 0 saturated heterocycles. The number of rotatable bonds is 10. The van der Waals surface area contributed by atoms with Crippen LogP contribution >= 0.6 is 27.5 Å². The number of carbonyl (C=O) groups is 1. The van der Waals surface area contributed by atoms with Crippen molar-refractivity contribution >= 4 is 44.8 Å². The highest BCUT2D eigenvalue weighted by Crippen LogP contribution is 2.37. The normalized spacial score (nSPS) is 10.7. The van der Waals surface area contributed by atoms with Gasteiger partial charge in [-0.3, -0.25) is 4.79 Å². The first kappa shape index (κ1) is 24.9. The standard InChI is InChI=1S/C26H28BrClN2O3/c1-17(2)11-25(31)30-22-6-4-5-21(14-22)29-15-19-12-23(27)26(24(13-19)32-3)33-16-18-7-9-20(28)10-8-18/h4-10,12-14,17,29H,11,15-16H2,1-3H3,(H,30,31). The molecule has 7 heteroatoms. The molecule has 0 heterocycles. The predicted octanol–water partition coefficient (Wildman–Crippen LogP) is 7.29. The zero-order valence-corrected chi connectivity index (χ0v) is 21.3. The van der Waals surface area contributed by atoms with E-state index < -0.39 is 0 Å². The Balaban J connectivity index is 1.64. The Bertz CT molecular complexity index is 1090. The Hall–Kier alpha value is -2.70. The lowest BCUT2D eigenvalue weighted by molar-refractivity contribution is -0.116. The van der Waals surface area contributed by atoms with Crippen LogP contribution in [0.2, 0.25) is 5.02 Å². The van der Waals surface area contributed by atoms with Gasteiger partial charge < -0.3 is 20.1 Å². The van der Waals surface area contributed by atoms with Crippen LogP contribution in [-0.2, 0) is 17.9 Å². The van der Waals surface area contributed by atoms with Crippen LogP contribution in [0.3, 0.4) is 0 Å². The number of carbonyl (C=O) groups excluding carboxylic acids is 1. The summed E-state index contributed by atoms with van der Waals surface area (Å²) in [5.74, 6) is 1.62. The van der Waals surface area contributed by atoms with E-state index in [-0.39, 0.29) is 5.91 Å². The lowest BCUT2D eigenvalue weighted by Gasteiger charge is -2.15. The molecular formula is C26H28BrClN2O3. The highest BCUT2D eigenvalue weighted by atomic mass is 79.9. The van der Waals surface area contributed by atoms with E-state index in [0.29, 0.717) is 42.0 Å². The van der Waals surface area contributed by atoms with Gasteiger partial charge in [0.1, 0.15) is 6.61 Å². The van der Waals surface area contributed by atoms with Gasteiger partial charge in [0.05, 0.1) is 11.6 Å². The van der Waals surface area contributed by atoms with Gasteiger partial charge in [0.15, 0.2) is 11.5 Å². The number of hydrogen-bond acceptors (Lipinski definition) is 4. The van der Waals surface area contributed by atoms with Crippen LogP contribution in [0.5, 0.6) is 11.5 Å². The molecule has 0 fully saturated rings. The van der Waals surface area contributed by atoms with Crippen molar-refractivity contribution in [1.82, 2.24) is 0 Å². The Morgan fingerprint density at radius 1 is 1.03 bits per heavy atom. The molecule has 0 bridgehead atoms. The second-order valence-electron chi connectivity index (χ2n) is 8.10. The Morgan fingerprint density at radius 2 is 1.76 bits per heavy atom. The summed E-state index contributed by atoms with van der Waals surface area (Å²) in [6.07, 6.45) is 0.498. The van der Waals surface area contributed by atoms with Crippen LogP contribution < -0.4 is 20.1 Å². The molecular weight excluding hydrogens is 504 g/mol. The van der Waals surface area contributed by atoms with Crippen LogP contribution in [0.15, 0.2) is 65.1 Å². The second-order valence-corrected chi connectivity index (χ2v) is 9.40. The summed E-state index contributed by atoms with van der Waals surface area (Å²) >= 11 is 9.56. The Labute approximate surface area is 208 Å². The Kier molecular flexibility index (Phi) is 9.03. The predicted molar refractivity (Wildman–Crippen MR) is 138 cm³/mol. The van der Waals surface area contributed by atoms with Crippen molar-refractivity contribution in [3.63, 3.8) is 0 Å². The molecule has 0 aromatic heterocycles. The fourth-order valence-electron chi connectivity index (χ4n) is 3.25. The molecule has 0 spiro atoms. The first-order valence-electron chi connectivity index (χ1n) is 10.7. The lowest BCUT2D eigenvalue weighted by atomic mass is 10.1. The average molecular weight is 532 g/mol. The number of methoxy groups -OCH3 is 1. The topological polar surface area (TPSA) is 59.6 Å². The number of hydrogen-bond donors (Lipinski definition) is 2. The Morgan fingerprint density at radius 3 is 2.45 bits per heavy atom. The fraction of sp³-hybridized carbons (Fsp3) is 0.269. The molecule has 33 heavy (non-hydrogen) atoms. The van der Waals surface area contributed by atoms with Crippen LogP contribution in [0, 0.1) is 5.92 Å². The molecule has 0 radical (unpaired) electrons. The molecule has 0 saturated carbocycles. The van der Waals surface area contributed by atoms with Gasteiger partial charge in [0.2, 0.25) is 5.91 Å². The second kappa shape index (κ2) is 12.0. The zero-order chi connectivity index (χ0) is 23.8. The minimum absolute atomic E-state index is 0.0185. The fourth-order valence-corrected chi connectivity index (χ4v) is 3.98. The summed E-state index contributed by atoms with van der Waals surface area (Å²) in [4.78, 5) is 12.0. The van der Waals surface area contributed by atoms with Crippen molar-refractivity contribution in [1.29, 1.82) is 0 Å². The number of halogens is 2. The lowest BCUT2D eigenvalue weighted by Crippen LogP contribution is -2.13. The van der Waals surface area contributed by atoms with E-state index in [0.717, 1.165) is 27.0 Å².